The first-order valence-electron chi connectivity index (χ1n) is 8.95. The molecule has 0 fully saturated rings. The van der Waals surface area contributed by atoms with Crippen molar-refractivity contribution in [3.63, 3.8) is 0 Å². The second-order valence-electron chi connectivity index (χ2n) is 6.34. The summed E-state index contributed by atoms with van der Waals surface area (Å²) in [5.41, 5.74) is 7.67. The number of nitrogens with zero attached hydrogens (tertiary/aromatic N) is 3. The van der Waals surface area contributed by atoms with Gasteiger partial charge in [-0.25, -0.2) is 9.78 Å². The highest BCUT2D eigenvalue weighted by molar-refractivity contribution is 7.99. The van der Waals surface area contributed by atoms with Crippen molar-refractivity contribution in [3.05, 3.63) is 59.2 Å². The SMILES string of the molecule is COC(=O)c1cccc(Sc2nc(N)c(C#N)c(-c3ccc4c(c3)OCO4)c2C#N)c1. The Labute approximate surface area is 181 Å². The first-order chi connectivity index (χ1) is 15.0. The van der Waals surface area contributed by atoms with Crippen LogP contribution in [0, 0.1) is 22.7 Å². The van der Waals surface area contributed by atoms with E-state index in [0.29, 0.717) is 38.1 Å². The lowest BCUT2D eigenvalue weighted by atomic mass is 9.96. The molecule has 2 N–H and O–H groups in total. The average molecular weight is 430 g/mol. The van der Waals surface area contributed by atoms with Crippen LogP contribution in [-0.2, 0) is 4.74 Å². The number of benzene rings is 2. The van der Waals surface area contributed by atoms with Gasteiger partial charge in [-0.3, -0.25) is 0 Å². The number of rotatable bonds is 4. The van der Waals surface area contributed by atoms with Crippen molar-refractivity contribution in [1.82, 2.24) is 4.98 Å². The summed E-state index contributed by atoms with van der Waals surface area (Å²) in [6.45, 7) is 0.102. The molecule has 4 rings (SSSR count). The molecular weight excluding hydrogens is 416 g/mol. The van der Waals surface area contributed by atoms with Crippen LogP contribution >= 0.6 is 11.8 Å². The van der Waals surface area contributed by atoms with Crippen molar-refractivity contribution >= 4 is 23.5 Å². The van der Waals surface area contributed by atoms with Gasteiger partial charge in [-0.15, -0.1) is 0 Å². The van der Waals surface area contributed by atoms with Crippen LogP contribution in [0.15, 0.2) is 52.4 Å². The Morgan fingerprint density at radius 2 is 1.90 bits per heavy atom. The lowest BCUT2D eigenvalue weighted by Crippen LogP contribution is -2.03. The number of hydrogen-bond donors (Lipinski definition) is 1. The van der Waals surface area contributed by atoms with Gasteiger partial charge in [-0.1, -0.05) is 23.9 Å². The van der Waals surface area contributed by atoms with Gasteiger partial charge >= 0.3 is 5.97 Å². The highest BCUT2D eigenvalue weighted by atomic mass is 32.2. The van der Waals surface area contributed by atoms with Crippen molar-refractivity contribution in [3.8, 4) is 34.8 Å². The van der Waals surface area contributed by atoms with Gasteiger partial charge in [-0.2, -0.15) is 10.5 Å². The quantitative estimate of drug-likeness (QED) is 0.615. The van der Waals surface area contributed by atoms with Gasteiger partial charge in [0.1, 0.15) is 28.5 Å². The van der Waals surface area contributed by atoms with Crippen molar-refractivity contribution in [1.29, 1.82) is 10.5 Å². The monoisotopic (exact) mass is 430 g/mol. The molecule has 0 atom stereocenters. The number of esters is 1. The minimum atomic E-state index is -0.476. The molecule has 152 valence electrons. The number of hydrogen-bond acceptors (Lipinski definition) is 9. The Kier molecular flexibility index (Phi) is 5.35. The van der Waals surface area contributed by atoms with Crippen molar-refractivity contribution in [2.24, 2.45) is 0 Å². The maximum atomic E-state index is 11.8. The minimum Gasteiger partial charge on any atom is -0.465 e. The zero-order valence-corrected chi connectivity index (χ0v) is 17.0. The number of methoxy groups -OCH3 is 1. The van der Waals surface area contributed by atoms with E-state index in [1.807, 2.05) is 6.07 Å². The Balaban J connectivity index is 1.85. The van der Waals surface area contributed by atoms with Crippen LogP contribution < -0.4 is 15.2 Å². The molecule has 0 aliphatic carbocycles. The topological polar surface area (TPSA) is 131 Å². The second kappa shape index (κ2) is 8.27. The number of carbonyl (C=O) groups is 1. The molecule has 1 aliphatic rings. The smallest absolute Gasteiger partial charge is 0.337 e. The fourth-order valence-electron chi connectivity index (χ4n) is 3.13. The van der Waals surface area contributed by atoms with Crippen LogP contribution in [0.3, 0.4) is 0 Å². The third-order valence-corrected chi connectivity index (χ3v) is 5.52. The average Bonchev–Trinajstić information content (AvgIpc) is 3.26. The number of nitrogens with two attached hydrogens (primary N) is 1. The maximum absolute atomic E-state index is 11.8. The van der Waals surface area contributed by atoms with E-state index in [1.165, 1.54) is 7.11 Å². The normalized spacial score (nSPS) is 11.5. The lowest BCUT2D eigenvalue weighted by Gasteiger charge is -2.13. The lowest BCUT2D eigenvalue weighted by molar-refractivity contribution is 0.0600. The molecule has 0 radical (unpaired) electrons. The first kappa shape index (κ1) is 20.1. The van der Waals surface area contributed by atoms with Crippen LogP contribution in [0.4, 0.5) is 5.82 Å². The zero-order chi connectivity index (χ0) is 22.0. The number of pyridine rings is 1. The highest BCUT2D eigenvalue weighted by Gasteiger charge is 2.23. The molecule has 0 amide bonds. The largest absolute Gasteiger partial charge is 0.465 e. The molecule has 2 aromatic carbocycles. The van der Waals surface area contributed by atoms with Crippen LogP contribution in [0.5, 0.6) is 11.5 Å². The summed E-state index contributed by atoms with van der Waals surface area (Å²) < 4.78 is 15.5. The fraction of sp³-hybridized carbons (Fsp3) is 0.0909. The van der Waals surface area contributed by atoms with E-state index in [0.717, 1.165) is 11.8 Å². The standard InChI is InChI=1S/C22H14N4O4S/c1-28-22(27)13-3-2-4-14(7-13)31-21-16(10-24)19(15(9-23)20(25)26-21)12-5-6-17-18(8-12)30-11-29-17/h2-8H,11H2,1H3,(H2,25,26). The number of nitriles is 2. The van der Waals surface area contributed by atoms with E-state index >= 15 is 0 Å². The summed E-state index contributed by atoms with van der Waals surface area (Å²) in [6, 6.07) is 16.1. The number of ether oxygens (including phenoxy) is 3. The van der Waals surface area contributed by atoms with Gasteiger partial charge in [-0.05, 0) is 35.9 Å². The van der Waals surface area contributed by atoms with E-state index in [9.17, 15) is 15.3 Å². The first-order valence-corrected chi connectivity index (χ1v) is 9.77. The zero-order valence-electron chi connectivity index (χ0n) is 16.2. The molecule has 1 aromatic heterocycles. The molecule has 0 saturated carbocycles. The number of fused-ring (bicyclic) bond motifs is 1. The van der Waals surface area contributed by atoms with Crippen molar-refractivity contribution < 1.29 is 19.0 Å². The third-order valence-electron chi connectivity index (χ3n) is 4.55. The van der Waals surface area contributed by atoms with Gasteiger partial charge in [0.25, 0.3) is 0 Å². The van der Waals surface area contributed by atoms with Gasteiger partial charge < -0.3 is 19.9 Å². The molecule has 0 bridgehead atoms. The highest BCUT2D eigenvalue weighted by Crippen LogP contribution is 2.42. The van der Waals surface area contributed by atoms with Crippen molar-refractivity contribution in [2.45, 2.75) is 9.92 Å². The second-order valence-corrected chi connectivity index (χ2v) is 7.40. The van der Waals surface area contributed by atoms with Gasteiger partial charge in [0.15, 0.2) is 11.5 Å². The summed E-state index contributed by atoms with van der Waals surface area (Å²) in [7, 11) is 1.30. The van der Waals surface area contributed by atoms with Crippen LogP contribution in [0.25, 0.3) is 11.1 Å². The Hall–Kier alpha value is -4.21. The van der Waals surface area contributed by atoms with E-state index in [2.05, 4.69) is 11.1 Å². The summed E-state index contributed by atoms with van der Waals surface area (Å²) in [6.07, 6.45) is 0. The number of nitrogen functional groups attached to an aromatic ring is 1. The summed E-state index contributed by atoms with van der Waals surface area (Å²) in [5, 5.41) is 19.9. The molecule has 0 saturated heterocycles. The maximum Gasteiger partial charge on any atom is 0.337 e. The van der Waals surface area contributed by atoms with E-state index in [-0.39, 0.29) is 23.7 Å². The predicted molar refractivity (Wildman–Crippen MR) is 112 cm³/mol. The van der Waals surface area contributed by atoms with Crippen molar-refractivity contribution in [2.75, 3.05) is 19.6 Å². The number of aromatic nitrogens is 1. The molecule has 9 heteroatoms. The molecule has 31 heavy (non-hydrogen) atoms. The predicted octanol–water partition coefficient (Wildman–Crippen LogP) is 3.74. The Bertz CT molecular complexity index is 1290. The van der Waals surface area contributed by atoms with E-state index < -0.39 is 5.97 Å². The summed E-state index contributed by atoms with van der Waals surface area (Å²) in [4.78, 5) is 16.8. The summed E-state index contributed by atoms with van der Waals surface area (Å²) >= 11 is 1.16. The van der Waals surface area contributed by atoms with Crippen LogP contribution in [0.2, 0.25) is 0 Å². The molecule has 0 unspecified atom stereocenters. The Morgan fingerprint density at radius 1 is 1.13 bits per heavy atom. The van der Waals surface area contributed by atoms with Gasteiger partial charge in [0.05, 0.1) is 18.2 Å². The molecular formula is C22H14N4O4S. The molecule has 2 heterocycles. The van der Waals surface area contributed by atoms with E-state index in [1.54, 1.807) is 42.5 Å². The molecule has 1 aliphatic heterocycles. The van der Waals surface area contributed by atoms with Crippen LogP contribution in [-0.4, -0.2) is 24.9 Å². The number of carbonyl (C=O) groups excluding carboxylic acids is 1. The van der Waals surface area contributed by atoms with Gasteiger partial charge in [0, 0.05) is 10.5 Å². The number of anilines is 1. The van der Waals surface area contributed by atoms with Crippen LogP contribution in [0.1, 0.15) is 21.5 Å². The molecule has 3 aromatic rings. The summed E-state index contributed by atoms with van der Waals surface area (Å²) in [5.74, 6) is 0.620. The Morgan fingerprint density at radius 3 is 2.65 bits per heavy atom. The molecule has 0 spiro atoms. The minimum absolute atomic E-state index is 0.000731. The van der Waals surface area contributed by atoms with E-state index in [4.69, 9.17) is 19.9 Å². The fourth-order valence-corrected chi connectivity index (χ4v) is 4.08. The van der Waals surface area contributed by atoms with Gasteiger partial charge in [0.2, 0.25) is 6.79 Å². The third kappa shape index (κ3) is 3.70. The molecule has 8 nitrogen and oxygen atoms in total.